The van der Waals surface area contributed by atoms with Crippen molar-refractivity contribution >= 4 is 17.0 Å². The van der Waals surface area contributed by atoms with Gasteiger partial charge in [-0.15, -0.1) is 0 Å². The number of nitrogens with zero attached hydrogens (tertiary/aromatic N) is 2. The number of nitrogens with two attached hydrogens (primary N) is 1. The van der Waals surface area contributed by atoms with Crippen molar-refractivity contribution in [2.45, 2.75) is 32.6 Å². The summed E-state index contributed by atoms with van der Waals surface area (Å²) in [5.41, 5.74) is 2.93. The number of rotatable bonds is 5. The molecule has 5 heteroatoms. The van der Waals surface area contributed by atoms with Crippen LogP contribution in [0.3, 0.4) is 0 Å². The van der Waals surface area contributed by atoms with Gasteiger partial charge in [0.1, 0.15) is 5.52 Å². The van der Waals surface area contributed by atoms with Gasteiger partial charge in [-0.3, -0.25) is 9.80 Å². The lowest BCUT2D eigenvalue weighted by molar-refractivity contribution is -0.130. The van der Waals surface area contributed by atoms with Crippen LogP contribution >= 0.6 is 0 Å². The van der Waals surface area contributed by atoms with Crippen LogP contribution in [0.15, 0.2) is 22.6 Å². The van der Waals surface area contributed by atoms with E-state index in [1.807, 2.05) is 25.1 Å². The average Bonchev–Trinajstić information content (AvgIpc) is 2.73. The monoisotopic (exact) mass is 261 g/mol. The number of oxazole rings is 1. The Bertz CT molecular complexity index is 575. The molecule has 1 aromatic heterocycles. The summed E-state index contributed by atoms with van der Waals surface area (Å²) in [5, 5.41) is 1.14. The van der Waals surface area contributed by atoms with Gasteiger partial charge in [0.25, 0.3) is 0 Å². The number of hydrogen-bond donors (Lipinski definition) is 1. The predicted molar refractivity (Wildman–Crippen MR) is 73.3 cm³/mol. The third-order valence-corrected chi connectivity index (χ3v) is 3.06. The Morgan fingerprint density at radius 2 is 2.21 bits per heavy atom. The molecule has 1 aromatic carbocycles. The molecule has 0 fully saturated rings. The molecule has 0 aliphatic rings. The first-order valence-corrected chi connectivity index (χ1v) is 6.43. The summed E-state index contributed by atoms with van der Waals surface area (Å²) in [6, 6.07) is 6.04. The van der Waals surface area contributed by atoms with Gasteiger partial charge in [0, 0.05) is 20.4 Å². The second-order valence-corrected chi connectivity index (χ2v) is 4.75. The molecule has 0 aliphatic heterocycles. The van der Waals surface area contributed by atoms with Gasteiger partial charge in [-0.05, 0) is 37.0 Å². The summed E-state index contributed by atoms with van der Waals surface area (Å²) in [5.74, 6) is 6.02. The van der Waals surface area contributed by atoms with E-state index in [0.717, 1.165) is 35.4 Å². The molecule has 1 amide bonds. The van der Waals surface area contributed by atoms with E-state index in [9.17, 15) is 4.79 Å². The number of fused-ring (bicyclic) bond motifs is 1. The second-order valence-electron chi connectivity index (χ2n) is 4.75. The Morgan fingerprint density at radius 1 is 1.42 bits per heavy atom. The number of amides is 1. The molecule has 2 aromatic rings. The molecule has 0 aliphatic carbocycles. The Morgan fingerprint density at radius 3 is 2.95 bits per heavy atom. The Labute approximate surface area is 112 Å². The Kier molecular flexibility index (Phi) is 4.16. The highest BCUT2D eigenvalue weighted by molar-refractivity contribution is 5.75. The maximum absolute atomic E-state index is 11.3. The van der Waals surface area contributed by atoms with Crippen molar-refractivity contribution in [3.8, 4) is 0 Å². The SMILES string of the molecule is Cc1nc2cc(CCCCC(=O)N(C)N)ccc2o1. The summed E-state index contributed by atoms with van der Waals surface area (Å²) >= 11 is 0. The van der Waals surface area contributed by atoms with Crippen molar-refractivity contribution in [2.75, 3.05) is 7.05 Å². The van der Waals surface area contributed by atoms with Gasteiger partial charge >= 0.3 is 0 Å². The minimum absolute atomic E-state index is 0.0254. The van der Waals surface area contributed by atoms with Crippen LogP contribution in [-0.4, -0.2) is 22.9 Å². The molecule has 2 N–H and O–H groups in total. The molecule has 0 saturated carbocycles. The normalized spacial score (nSPS) is 10.9. The highest BCUT2D eigenvalue weighted by atomic mass is 16.3. The molecule has 0 saturated heterocycles. The fourth-order valence-electron chi connectivity index (χ4n) is 2.03. The fraction of sp³-hybridized carbons (Fsp3) is 0.429. The Balaban J connectivity index is 1.86. The number of aryl methyl sites for hydroxylation is 2. The second kappa shape index (κ2) is 5.84. The molecule has 0 bridgehead atoms. The summed E-state index contributed by atoms with van der Waals surface area (Å²) < 4.78 is 5.43. The molecule has 5 nitrogen and oxygen atoms in total. The first-order chi connectivity index (χ1) is 9.06. The van der Waals surface area contributed by atoms with Crippen molar-refractivity contribution in [3.05, 3.63) is 29.7 Å². The van der Waals surface area contributed by atoms with Gasteiger partial charge in [-0.1, -0.05) is 6.07 Å². The Hall–Kier alpha value is -1.88. The minimum Gasteiger partial charge on any atom is -0.441 e. The number of carbonyl (C=O) groups is 1. The number of unbranched alkanes of at least 4 members (excludes halogenated alkanes) is 1. The molecule has 102 valence electrons. The highest BCUT2D eigenvalue weighted by Crippen LogP contribution is 2.18. The van der Waals surface area contributed by atoms with Crippen molar-refractivity contribution in [2.24, 2.45) is 5.84 Å². The van der Waals surface area contributed by atoms with Crippen LogP contribution in [0, 0.1) is 6.92 Å². The average molecular weight is 261 g/mol. The van der Waals surface area contributed by atoms with Crippen molar-refractivity contribution in [1.29, 1.82) is 0 Å². The molecule has 0 unspecified atom stereocenters. The summed E-state index contributed by atoms with van der Waals surface area (Å²) in [6.07, 6.45) is 3.24. The zero-order valence-corrected chi connectivity index (χ0v) is 11.3. The van der Waals surface area contributed by atoms with Crippen LogP contribution in [0.25, 0.3) is 11.1 Å². The molecule has 0 atom stereocenters. The van der Waals surface area contributed by atoms with E-state index in [1.54, 1.807) is 7.05 Å². The molecule has 0 radical (unpaired) electrons. The number of carbonyl (C=O) groups excluding carboxylic acids is 1. The molecule has 0 spiro atoms. The largest absolute Gasteiger partial charge is 0.441 e. The molecular formula is C14H19N3O2. The zero-order valence-electron chi connectivity index (χ0n) is 11.3. The number of hydrogen-bond acceptors (Lipinski definition) is 4. The summed E-state index contributed by atoms with van der Waals surface area (Å²) in [4.78, 5) is 15.6. The van der Waals surface area contributed by atoms with E-state index >= 15 is 0 Å². The van der Waals surface area contributed by atoms with Crippen LogP contribution in [0.2, 0.25) is 0 Å². The van der Waals surface area contributed by atoms with Gasteiger partial charge < -0.3 is 4.42 Å². The van der Waals surface area contributed by atoms with Gasteiger partial charge in [-0.2, -0.15) is 0 Å². The van der Waals surface area contributed by atoms with E-state index in [0.29, 0.717) is 12.3 Å². The maximum atomic E-state index is 11.3. The smallest absolute Gasteiger partial charge is 0.236 e. The summed E-state index contributed by atoms with van der Waals surface area (Å²) in [6.45, 7) is 1.84. The quantitative estimate of drug-likeness (QED) is 0.387. The van der Waals surface area contributed by atoms with Crippen LogP contribution < -0.4 is 5.84 Å². The van der Waals surface area contributed by atoms with Crippen molar-refractivity contribution in [1.82, 2.24) is 9.99 Å². The van der Waals surface area contributed by atoms with Crippen molar-refractivity contribution in [3.63, 3.8) is 0 Å². The third kappa shape index (κ3) is 3.54. The molecular weight excluding hydrogens is 242 g/mol. The van der Waals surface area contributed by atoms with Crippen LogP contribution in [-0.2, 0) is 11.2 Å². The first-order valence-electron chi connectivity index (χ1n) is 6.43. The van der Waals surface area contributed by atoms with E-state index in [4.69, 9.17) is 10.3 Å². The molecule has 2 rings (SSSR count). The summed E-state index contributed by atoms with van der Waals surface area (Å²) in [7, 11) is 1.57. The minimum atomic E-state index is -0.0254. The lowest BCUT2D eigenvalue weighted by Gasteiger charge is -2.09. The first kappa shape index (κ1) is 13.5. The standard InChI is InChI=1S/C14H19N3O2/c1-10-16-12-9-11(7-8-13(12)19-10)5-3-4-6-14(18)17(2)15/h7-9H,3-6,15H2,1-2H3. The topological polar surface area (TPSA) is 72.4 Å². The highest BCUT2D eigenvalue weighted by Gasteiger charge is 2.05. The molecule has 19 heavy (non-hydrogen) atoms. The fourth-order valence-corrected chi connectivity index (χ4v) is 2.03. The van der Waals surface area contributed by atoms with Gasteiger partial charge in [-0.25, -0.2) is 10.8 Å². The number of hydrazine groups is 1. The van der Waals surface area contributed by atoms with Gasteiger partial charge in [0.2, 0.25) is 5.91 Å². The van der Waals surface area contributed by atoms with Crippen molar-refractivity contribution < 1.29 is 9.21 Å². The van der Waals surface area contributed by atoms with E-state index in [2.05, 4.69) is 4.98 Å². The molecule has 1 heterocycles. The zero-order chi connectivity index (χ0) is 13.8. The van der Waals surface area contributed by atoms with E-state index in [1.165, 1.54) is 5.56 Å². The van der Waals surface area contributed by atoms with Crippen LogP contribution in [0.5, 0.6) is 0 Å². The van der Waals surface area contributed by atoms with Gasteiger partial charge in [0.15, 0.2) is 11.5 Å². The maximum Gasteiger partial charge on any atom is 0.236 e. The lowest BCUT2D eigenvalue weighted by atomic mass is 10.1. The number of aromatic nitrogens is 1. The van der Waals surface area contributed by atoms with E-state index < -0.39 is 0 Å². The third-order valence-electron chi connectivity index (χ3n) is 3.06. The number of benzene rings is 1. The predicted octanol–water partition coefficient (Wildman–Crippen LogP) is 2.18. The van der Waals surface area contributed by atoms with Crippen LogP contribution in [0.1, 0.15) is 30.7 Å². The lowest BCUT2D eigenvalue weighted by Crippen LogP contribution is -2.32. The van der Waals surface area contributed by atoms with E-state index in [-0.39, 0.29) is 5.91 Å². The van der Waals surface area contributed by atoms with Gasteiger partial charge in [0.05, 0.1) is 0 Å². The van der Waals surface area contributed by atoms with Crippen LogP contribution in [0.4, 0.5) is 0 Å².